The van der Waals surface area contributed by atoms with Crippen LogP contribution >= 0.6 is 0 Å². The summed E-state index contributed by atoms with van der Waals surface area (Å²) in [4.78, 5) is 18.7. The first-order valence-corrected chi connectivity index (χ1v) is 4.65. The van der Waals surface area contributed by atoms with Crippen LogP contribution in [0.5, 0.6) is 5.88 Å². The lowest BCUT2D eigenvalue weighted by Gasteiger charge is -2.03. The highest BCUT2D eigenvalue weighted by Gasteiger charge is 2.12. The number of carboxylic acids is 1. The third-order valence-corrected chi connectivity index (χ3v) is 1.93. The van der Waals surface area contributed by atoms with Gasteiger partial charge in [0.1, 0.15) is 5.69 Å². The number of carboxylic acid groups (broad SMARTS) is 1. The molecule has 0 aliphatic carbocycles. The first-order valence-electron chi connectivity index (χ1n) is 4.65. The van der Waals surface area contributed by atoms with Crippen LogP contribution in [0.3, 0.4) is 0 Å². The van der Waals surface area contributed by atoms with E-state index in [0.29, 0.717) is 5.69 Å². The Bertz CT molecular complexity index is 545. The summed E-state index contributed by atoms with van der Waals surface area (Å²) in [5.41, 5.74) is 0.228. The van der Waals surface area contributed by atoms with Gasteiger partial charge in [0.05, 0.1) is 7.11 Å². The van der Waals surface area contributed by atoms with Gasteiger partial charge in [-0.2, -0.15) is 10.1 Å². The van der Waals surface area contributed by atoms with E-state index in [0.717, 1.165) is 0 Å². The van der Waals surface area contributed by atoms with Gasteiger partial charge < -0.3 is 9.84 Å². The van der Waals surface area contributed by atoms with Crippen molar-refractivity contribution < 1.29 is 14.6 Å². The molecule has 0 unspecified atom stereocenters. The normalized spacial score (nSPS) is 9.94. The molecule has 86 valence electrons. The number of aromatic carboxylic acids is 1. The van der Waals surface area contributed by atoms with Crippen molar-refractivity contribution in [2.45, 2.75) is 0 Å². The SMILES string of the molecule is COc1cc(C(=O)O)nc(-c2cccnn2)n1. The van der Waals surface area contributed by atoms with Crippen LogP contribution in [0.1, 0.15) is 10.5 Å². The van der Waals surface area contributed by atoms with Gasteiger partial charge in [0, 0.05) is 12.3 Å². The van der Waals surface area contributed by atoms with Gasteiger partial charge >= 0.3 is 5.97 Å². The number of methoxy groups -OCH3 is 1. The van der Waals surface area contributed by atoms with Crippen LogP contribution in [0, 0.1) is 0 Å². The van der Waals surface area contributed by atoms with E-state index in [1.807, 2.05) is 0 Å². The molecule has 0 bridgehead atoms. The molecule has 0 aliphatic rings. The minimum Gasteiger partial charge on any atom is -0.481 e. The lowest BCUT2D eigenvalue weighted by atomic mass is 10.3. The predicted molar refractivity (Wildman–Crippen MR) is 56.6 cm³/mol. The number of nitrogens with zero attached hydrogens (tertiary/aromatic N) is 4. The van der Waals surface area contributed by atoms with Gasteiger partial charge in [0.2, 0.25) is 5.88 Å². The number of carbonyl (C=O) groups is 1. The van der Waals surface area contributed by atoms with Gasteiger partial charge in [-0.25, -0.2) is 9.78 Å². The third-order valence-electron chi connectivity index (χ3n) is 1.93. The third kappa shape index (κ3) is 2.33. The molecule has 0 aromatic carbocycles. The number of rotatable bonds is 3. The molecule has 17 heavy (non-hydrogen) atoms. The summed E-state index contributed by atoms with van der Waals surface area (Å²) in [6, 6.07) is 4.53. The van der Waals surface area contributed by atoms with Crippen molar-refractivity contribution >= 4 is 5.97 Å². The molecule has 7 nitrogen and oxygen atoms in total. The zero-order chi connectivity index (χ0) is 12.3. The molecule has 0 saturated heterocycles. The molecule has 2 heterocycles. The number of hydrogen-bond acceptors (Lipinski definition) is 6. The van der Waals surface area contributed by atoms with Crippen molar-refractivity contribution in [2.75, 3.05) is 7.11 Å². The molecule has 0 aliphatic heterocycles. The molecular weight excluding hydrogens is 224 g/mol. The van der Waals surface area contributed by atoms with Gasteiger partial charge in [-0.05, 0) is 12.1 Å². The lowest BCUT2D eigenvalue weighted by Crippen LogP contribution is -2.05. The van der Waals surface area contributed by atoms with Gasteiger partial charge in [0.15, 0.2) is 11.5 Å². The molecule has 2 aromatic heterocycles. The molecule has 0 fully saturated rings. The molecule has 7 heteroatoms. The fourth-order valence-corrected chi connectivity index (χ4v) is 1.17. The van der Waals surface area contributed by atoms with E-state index < -0.39 is 5.97 Å². The first kappa shape index (κ1) is 10.9. The maximum absolute atomic E-state index is 10.9. The van der Waals surface area contributed by atoms with Crippen molar-refractivity contribution in [1.29, 1.82) is 0 Å². The Morgan fingerprint density at radius 3 is 2.82 bits per heavy atom. The molecule has 0 radical (unpaired) electrons. The summed E-state index contributed by atoms with van der Waals surface area (Å²) >= 11 is 0. The zero-order valence-corrected chi connectivity index (χ0v) is 8.86. The van der Waals surface area contributed by atoms with Crippen LogP contribution in [-0.2, 0) is 0 Å². The maximum Gasteiger partial charge on any atom is 0.354 e. The van der Waals surface area contributed by atoms with Crippen LogP contribution in [-0.4, -0.2) is 38.4 Å². The van der Waals surface area contributed by atoms with E-state index in [-0.39, 0.29) is 17.4 Å². The smallest absolute Gasteiger partial charge is 0.354 e. The molecule has 2 rings (SSSR count). The quantitative estimate of drug-likeness (QED) is 0.828. The molecule has 2 aromatic rings. The molecule has 0 atom stereocenters. The van der Waals surface area contributed by atoms with Crippen molar-refractivity contribution in [3.05, 3.63) is 30.1 Å². The highest BCUT2D eigenvalue weighted by Crippen LogP contribution is 2.16. The molecule has 0 spiro atoms. The second-order valence-corrected chi connectivity index (χ2v) is 3.03. The van der Waals surface area contributed by atoms with Crippen molar-refractivity contribution in [2.24, 2.45) is 0 Å². The van der Waals surface area contributed by atoms with Crippen molar-refractivity contribution in [1.82, 2.24) is 20.2 Å². The monoisotopic (exact) mass is 232 g/mol. The molecule has 0 saturated carbocycles. The Kier molecular flexibility index (Phi) is 2.91. The molecule has 0 amide bonds. The lowest BCUT2D eigenvalue weighted by molar-refractivity contribution is 0.0690. The van der Waals surface area contributed by atoms with Crippen LogP contribution in [0.15, 0.2) is 24.4 Å². The Labute approximate surface area is 96.1 Å². The summed E-state index contributed by atoms with van der Waals surface area (Å²) in [6.07, 6.45) is 1.50. The Hall–Kier alpha value is -2.57. The van der Waals surface area contributed by atoms with E-state index in [4.69, 9.17) is 9.84 Å². The predicted octanol–water partition coefficient (Wildman–Crippen LogP) is 0.640. The average Bonchev–Trinajstić information content (AvgIpc) is 2.39. The summed E-state index contributed by atoms with van der Waals surface area (Å²) in [6.45, 7) is 0. The van der Waals surface area contributed by atoms with Crippen LogP contribution in [0.25, 0.3) is 11.5 Å². The molecule has 1 N–H and O–H groups in total. The Morgan fingerprint density at radius 2 is 2.24 bits per heavy atom. The van der Waals surface area contributed by atoms with Crippen LogP contribution in [0.4, 0.5) is 0 Å². The van der Waals surface area contributed by atoms with Crippen molar-refractivity contribution in [3.8, 4) is 17.4 Å². The van der Waals surface area contributed by atoms with Gasteiger partial charge in [0.25, 0.3) is 0 Å². The second-order valence-electron chi connectivity index (χ2n) is 3.03. The molecular formula is C10H8N4O3. The van der Waals surface area contributed by atoms with E-state index in [1.54, 1.807) is 12.1 Å². The fourth-order valence-electron chi connectivity index (χ4n) is 1.17. The minimum atomic E-state index is -1.16. The van der Waals surface area contributed by atoms with E-state index >= 15 is 0 Å². The van der Waals surface area contributed by atoms with Gasteiger partial charge in [-0.15, -0.1) is 5.10 Å². The fraction of sp³-hybridized carbons (Fsp3) is 0.100. The number of aromatic nitrogens is 4. The zero-order valence-electron chi connectivity index (χ0n) is 8.86. The topological polar surface area (TPSA) is 98.1 Å². The Balaban J connectivity index is 2.54. The second kappa shape index (κ2) is 4.52. The van der Waals surface area contributed by atoms with Crippen LogP contribution < -0.4 is 4.74 Å². The summed E-state index contributed by atoms with van der Waals surface area (Å²) in [5.74, 6) is -0.830. The average molecular weight is 232 g/mol. The standard InChI is InChI=1S/C10H8N4O3/c1-17-8-5-7(10(15)16)12-9(13-8)6-3-2-4-11-14-6/h2-5H,1H3,(H,15,16). The van der Waals surface area contributed by atoms with Gasteiger partial charge in [-0.3, -0.25) is 0 Å². The number of hydrogen-bond donors (Lipinski definition) is 1. The van der Waals surface area contributed by atoms with E-state index in [9.17, 15) is 4.79 Å². The van der Waals surface area contributed by atoms with Crippen LogP contribution in [0.2, 0.25) is 0 Å². The summed E-state index contributed by atoms with van der Waals surface area (Å²) in [7, 11) is 1.40. The summed E-state index contributed by atoms with van der Waals surface area (Å²) < 4.78 is 4.90. The van der Waals surface area contributed by atoms with Crippen molar-refractivity contribution in [3.63, 3.8) is 0 Å². The highest BCUT2D eigenvalue weighted by molar-refractivity contribution is 5.86. The minimum absolute atomic E-state index is 0.155. The van der Waals surface area contributed by atoms with E-state index in [1.165, 1.54) is 19.4 Å². The largest absolute Gasteiger partial charge is 0.481 e. The summed E-state index contributed by atoms with van der Waals surface area (Å²) in [5, 5.41) is 16.4. The number of ether oxygens (including phenoxy) is 1. The van der Waals surface area contributed by atoms with Gasteiger partial charge in [-0.1, -0.05) is 0 Å². The first-order chi connectivity index (χ1) is 8.20. The maximum atomic E-state index is 10.9. The Morgan fingerprint density at radius 1 is 1.41 bits per heavy atom. The van der Waals surface area contributed by atoms with E-state index in [2.05, 4.69) is 20.2 Å². The highest BCUT2D eigenvalue weighted by atomic mass is 16.5.